The van der Waals surface area contributed by atoms with Gasteiger partial charge in [-0.15, -0.1) is 0 Å². The van der Waals surface area contributed by atoms with Crippen LogP contribution in [0.2, 0.25) is 5.02 Å². The van der Waals surface area contributed by atoms with Crippen LogP contribution in [0.25, 0.3) is 22.2 Å². The molecule has 160 valence electrons. The molecular weight excluding hydrogens is 418 g/mol. The lowest BCUT2D eigenvalue weighted by Gasteiger charge is -2.14. The molecule has 4 rings (SSSR count). The van der Waals surface area contributed by atoms with Crippen molar-refractivity contribution >= 4 is 22.5 Å². The average Bonchev–Trinajstić information content (AvgIpc) is 3.08. The summed E-state index contributed by atoms with van der Waals surface area (Å²) >= 11 is 6.08. The lowest BCUT2D eigenvalue weighted by atomic mass is 10.1. The van der Waals surface area contributed by atoms with Gasteiger partial charge in [0.25, 0.3) is 11.1 Å². The van der Waals surface area contributed by atoms with Gasteiger partial charge in [-0.1, -0.05) is 35.9 Å². The van der Waals surface area contributed by atoms with Gasteiger partial charge in [-0.05, 0) is 35.4 Å². The molecule has 1 N–H and O–H groups in total. The molecule has 4 aromatic rings. The van der Waals surface area contributed by atoms with E-state index in [1.807, 2.05) is 36.4 Å². The van der Waals surface area contributed by atoms with Crippen molar-refractivity contribution in [2.75, 3.05) is 20.8 Å². The number of pyridine rings is 1. The van der Waals surface area contributed by atoms with Crippen molar-refractivity contribution in [3.8, 4) is 17.0 Å². The topological polar surface area (TPSA) is 78.2 Å². The van der Waals surface area contributed by atoms with E-state index in [1.54, 1.807) is 30.9 Å². The fourth-order valence-corrected chi connectivity index (χ4v) is 3.77. The minimum Gasteiger partial charge on any atom is -0.497 e. The van der Waals surface area contributed by atoms with Gasteiger partial charge in [-0.2, -0.15) is 0 Å². The Balaban J connectivity index is 1.97. The van der Waals surface area contributed by atoms with Crippen molar-refractivity contribution in [2.45, 2.75) is 13.1 Å². The molecule has 31 heavy (non-hydrogen) atoms. The summed E-state index contributed by atoms with van der Waals surface area (Å²) in [7, 11) is 3.17. The molecule has 0 spiro atoms. The van der Waals surface area contributed by atoms with E-state index in [0.717, 1.165) is 11.1 Å². The summed E-state index contributed by atoms with van der Waals surface area (Å²) < 4.78 is 13.5. The second-order valence-corrected chi connectivity index (χ2v) is 7.56. The Kier molecular flexibility index (Phi) is 5.97. The summed E-state index contributed by atoms with van der Waals surface area (Å²) in [5.41, 5.74) is 2.20. The van der Waals surface area contributed by atoms with Crippen molar-refractivity contribution in [1.29, 1.82) is 0 Å². The van der Waals surface area contributed by atoms with E-state index < -0.39 is 0 Å². The predicted molar refractivity (Wildman–Crippen MR) is 121 cm³/mol. The highest BCUT2D eigenvalue weighted by Crippen LogP contribution is 2.27. The summed E-state index contributed by atoms with van der Waals surface area (Å²) in [5, 5.41) is 4.05. The van der Waals surface area contributed by atoms with Crippen LogP contribution in [-0.4, -0.2) is 35.2 Å². The molecule has 0 atom stereocenters. The third-order valence-corrected chi connectivity index (χ3v) is 5.39. The Labute approximate surface area is 183 Å². The van der Waals surface area contributed by atoms with Gasteiger partial charge >= 0.3 is 0 Å². The van der Waals surface area contributed by atoms with E-state index in [-0.39, 0.29) is 17.7 Å². The summed E-state index contributed by atoms with van der Waals surface area (Å²) in [4.78, 5) is 26.4. The third-order valence-electron chi connectivity index (χ3n) is 5.14. The smallest absolute Gasteiger partial charge is 0.276 e. The molecule has 7 nitrogen and oxygen atoms in total. The fraction of sp³-hybridized carbons (Fsp3) is 0.217. The van der Waals surface area contributed by atoms with E-state index in [2.05, 4.69) is 5.10 Å². The lowest BCUT2D eigenvalue weighted by molar-refractivity contribution is 0.183. The molecule has 0 radical (unpaired) electrons. The van der Waals surface area contributed by atoms with E-state index in [9.17, 15) is 9.59 Å². The van der Waals surface area contributed by atoms with Crippen molar-refractivity contribution in [3.63, 3.8) is 0 Å². The number of H-pyrrole nitrogens is 1. The number of hydrogen-bond acceptors (Lipinski definition) is 4. The number of aromatic nitrogens is 3. The zero-order valence-electron chi connectivity index (χ0n) is 17.2. The van der Waals surface area contributed by atoms with Crippen LogP contribution >= 0.6 is 11.6 Å². The van der Waals surface area contributed by atoms with E-state index in [4.69, 9.17) is 21.1 Å². The third kappa shape index (κ3) is 4.15. The Morgan fingerprint density at radius 3 is 2.52 bits per heavy atom. The van der Waals surface area contributed by atoms with Gasteiger partial charge in [0.1, 0.15) is 5.75 Å². The Morgan fingerprint density at radius 1 is 1.03 bits per heavy atom. The van der Waals surface area contributed by atoms with Crippen LogP contribution in [0.1, 0.15) is 5.56 Å². The number of benzene rings is 2. The maximum absolute atomic E-state index is 13.2. The summed E-state index contributed by atoms with van der Waals surface area (Å²) in [5.74, 6) is 0.697. The maximum atomic E-state index is 13.2. The number of ether oxygens (including phenoxy) is 2. The number of fused-ring (bicyclic) bond motifs is 1. The molecule has 0 fully saturated rings. The van der Waals surface area contributed by atoms with Gasteiger partial charge in [0, 0.05) is 18.2 Å². The normalized spacial score (nSPS) is 11.2. The molecule has 0 aliphatic rings. The molecule has 0 saturated heterocycles. The molecule has 0 aliphatic heterocycles. The van der Waals surface area contributed by atoms with Gasteiger partial charge in [-0.25, -0.2) is 4.68 Å². The molecule has 0 amide bonds. The molecule has 2 aromatic carbocycles. The molecule has 0 bridgehead atoms. The molecule has 8 heteroatoms. The summed E-state index contributed by atoms with van der Waals surface area (Å²) in [6.45, 7) is 1.01. The highest BCUT2D eigenvalue weighted by Gasteiger charge is 2.19. The Bertz CT molecular complexity index is 1340. The highest BCUT2D eigenvalue weighted by molar-refractivity contribution is 6.30. The quantitative estimate of drug-likeness (QED) is 0.478. The summed E-state index contributed by atoms with van der Waals surface area (Å²) in [6, 6.07) is 16.1. The SMILES string of the molecule is COCCn1[nH]c2cc(=O)n(Cc3cccc(OC)c3)c(-c3ccc(Cl)cc3)c2c1=O. The van der Waals surface area contributed by atoms with Gasteiger partial charge in [0.05, 0.1) is 43.4 Å². The van der Waals surface area contributed by atoms with Crippen LogP contribution in [0, 0.1) is 0 Å². The van der Waals surface area contributed by atoms with Gasteiger partial charge in [0.15, 0.2) is 0 Å². The first-order valence-corrected chi connectivity index (χ1v) is 10.1. The maximum Gasteiger partial charge on any atom is 0.276 e. The number of halogens is 1. The molecular formula is C23H22ClN3O4. The van der Waals surface area contributed by atoms with Gasteiger partial charge in [-0.3, -0.25) is 14.7 Å². The first-order chi connectivity index (χ1) is 15.0. The van der Waals surface area contributed by atoms with Crippen molar-refractivity contribution in [1.82, 2.24) is 14.3 Å². The van der Waals surface area contributed by atoms with Crippen molar-refractivity contribution < 1.29 is 9.47 Å². The van der Waals surface area contributed by atoms with E-state index >= 15 is 0 Å². The van der Waals surface area contributed by atoms with Crippen LogP contribution in [0.15, 0.2) is 64.2 Å². The highest BCUT2D eigenvalue weighted by atomic mass is 35.5. The van der Waals surface area contributed by atoms with Crippen molar-refractivity contribution in [3.05, 3.63) is 85.9 Å². The first kappa shape index (κ1) is 21.0. The largest absolute Gasteiger partial charge is 0.497 e. The van der Waals surface area contributed by atoms with E-state index in [0.29, 0.717) is 40.5 Å². The minimum atomic E-state index is -0.222. The van der Waals surface area contributed by atoms with Crippen molar-refractivity contribution in [2.24, 2.45) is 0 Å². The summed E-state index contributed by atoms with van der Waals surface area (Å²) in [6.07, 6.45) is 0. The molecule has 0 aliphatic carbocycles. The van der Waals surface area contributed by atoms with Gasteiger partial charge < -0.3 is 14.0 Å². The number of methoxy groups -OCH3 is 2. The Morgan fingerprint density at radius 2 is 1.81 bits per heavy atom. The van der Waals surface area contributed by atoms with Gasteiger partial charge in [0.2, 0.25) is 0 Å². The fourth-order valence-electron chi connectivity index (χ4n) is 3.64. The van der Waals surface area contributed by atoms with E-state index in [1.165, 1.54) is 10.7 Å². The lowest BCUT2D eigenvalue weighted by Crippen LogP contribution is -2.24. The molecule has 2 aromatic heterocycles. The Hall–Kier alpha value is -3.29. The van der Waals surface area contributed by atoms with Crippen LogP contribution in [0.5, 0.6) is 5.75 Å². The number of hydrogen-bond donors (Lipinski definition) is 1. The van der Waals surface area contributed by atoms with Crippen LogP contribution < -0.4 is 15.9 Å². The number of aromatic amines is 1. The van der Waals surface area contributed by atoms with Crippen LogP contribution in [0.4, 0.5) is 0 Å². The second-order valence-electron chi connectivity index (χ2n) is 7.13. The molecule has 0 saturated carbocycles. The zero-order valence-corrected chi connectivity index (χ0v) is 18.0. The standard InChI is InChI=1S/C23H22ClN3O4/c1-30-11-10-27-23(29)21-19(25-27)13-20(28)26(14-15-4-3-5-18(12-15)31-2)22(21)16-6-8-17(24)9-7-16/h3-9,12-13,25H,10-11,14H2,1-2H3. The first-order valence-electron chi connectivity index (χ1n) is 9.76. The predicted octanol–water partition coefficient (Wildman–Crippen LogP) is 3.52. The minimum absolute atomic E-state index is 0.212. The number of nitrogens with one attached hydrogen (secondary N) is 1. The number of rotatable bonds is 7. The average molecular weight is 440 g/mol. The molecule has 2 heterocycles. The number of nitrogens with zero attached hydrogens (tertiary/aromatic N) is 2. The monoisotopic (exact) mass is 439 g/mol. The second kappa shape index (κ2) is 8.83. The van der Waals surface area contributed by atoms with Crippen LogP contribution in [-0.2, 0) is 17.8 Å². The molecule has 0 unspecified atom stereocenters. The van der Waals surface area contributed by atoms with Crippen LogP contribution in [0.3, 0.4) is 0 Å². The zero-order chi connectivity index (χ0) is 22.0.